The lowest BCUT2D eigenvalue weighted by Gasteiger charge is -2.22. The van der Waals surface area contributed by atoms with Gasteiger partial charge in [-0.3, -0.25) is 14.5 Å². The van der Waals surface area contributed by atoms with E-state index < -0.39 is 12.0 Å². The van der Waals surface area contributed by atoms with Gasteiger partial charge in [0.1, 0.15) is 11.9 Å². The molecule has 1 saturated heterocycles. The SMILES string of the molecule is COC(=O)[C@@H]1C[C@@H](NC(=O)c2cccc(-n3nc(C)cc3C)c2)CN1Cc1ccccc1F. The molecule has 0 bridgehead atoms. The van der Waals surface area contributed by atoms with Gasteiger partial charge in [0.2, 0.25) is 0 Å². The molecule has 1 amide bonds. The van der Waals surface area contributed by atoms with Crippen LogP contribution in [-0.4, -0.2) is 52.3 Å². The van der Waals surface area contributed by atoms with E-state index in [0.717, 1.165) is 17.1 Å². The largest absolute Gasteiger partial charge is 0.468 e. The molecule has 1 fully saturated rings. The van der Waals surface area contributed by atoms with Crippen molar-refractivity contribution in [3.8, 4) is 5.69 Å². The first-order valence-electron chi connectivity index (χ1n) is 10.9. The monoisotopic (exact) mass is 450 g/mol. The fraction of sp³-hybridized carbons (Fsp3) is 0.320. The highest BCUT2D eigenvalue weighted by Crippen LogP contribution is 2.23. The molecule has 0 radical (unpaired) electrons. The summed E-state index contributed by atoms with van der Waals surface area (Å²) in [4.78, 5) is 27.2. The lowest BCUT2D eigenvalue weighted by molar-refractivity contribution is -0.146. The van der Waals surface area contributed by atoms with Gasteiger partial charge in [0, 0.05) is 36.0 Å². The Labute approximate surface area is 192 Å². The molecule has 0 saturated carbocycles. The maximum atomic E-state index is 14.2. The van der Waals surface area contributed by atoms with E-state index in [0.29, 0.717) is 24.1 Å². The van der Waals surface area contributed by atoms with E-state index in [1.54, 1.807) is 35.0 Å². The second-order valence-electron chi connectivity index (χ2n) is 8.36. The molecule has 3 aromatic rings. The number of carbonyl (C=O) groups is 2. The molecule has 1 N–H and O–H groups in total. The van der Waals surface area contributed by atoms with Gasteiger partial charge in [-0.1, -0.05) is 24.3 Å². The van der Waals surface area contributed by atoms with Gasteiger partial charge < -0.3 is 10.1 Å². The van der Waals surface area contributed by atoms with Gasteiger partial charge in [-0.05, 0) is 50.6 Å². The van der Waals surface area contributed by atoms with Crippen LogP contribution in [0.1, 0.15) is 33.7 Å². The second-order valence-corrected chi connectivity index (χ2v) is 8.36. The molecule has 172 valence electrons. The van der Waals surface area contributed by atoms with Crippen LogP contribution in [0.15, 0.2) is 54.6 Å². The Bertz CT molecular complexity index is 1180. The number of hydrogen-bond acceptors (Lipinski definition) is 5. The van der Waals surface area contributed by atoms with Crippen molar-refractivity contribution in [1.82, 2.24) is 20.0 Å². The zero-order valence-corrected chi connectivity index (χ0v) is 18.9. The standard InChI is InChI=1S/C25H27FN4O3/c1-16-11-17(2)30(28-16)21-9-6-8-18(12-21)24(31)27-20-13-23(25(32)33-3)29(15-20)14-19-7-4-5-10-22(19)26/h4-12,20,23H,13-15H2,1-3H3,(H,27,31)/t20-,23+/m1/s1. The molecule has 2 aromatic carbocycles. The number of carbonyl (C=O) groups excluding carboxylic acids is 2. The molecule has 0 spiro atoms. The molecule has 0 unspecified atom stereocenters. The van der Waals surface area contributed by atoms with Crippen molar-refractivity contribution in [3.05, 3.63) is 82.9 Å². The van der Waals surface area contributed by atoms with Crippen molar-refractivity contribution in [1.29, 1.82) is 0 Å². The third-order valence-electron chi connectivity index (χ3n) is 5.91. The highest BCUT2D eigenvalue weighted by atomic mass is 19.1. The number of methoxy groups -OCH3 is 1. The van der Waals surface area contributed by atoms with Crippen molar-refractivity contribution >= 4 is 11.9 Å². The molecule has 4 rings (SSSR count). The van der Waals surface area contributed by atoms with Crippen LogP contribution in [0.4, 0.5) is 4.39 Å². The summed E-state index contributed by atoms with van der Waals surface area (Å²) in [6.45, 7) is 4.55. The third-order valence-corrected chi connectivity index (χ3v) is 5.91. The molecule has 1 aromatic heterocycles. The quantitative estimate of drug-likeness (QED) is 0.584. The number of aromatic nitrogens is 2. The minimum Gasteiger partial charge on any atom is -0.468 e. The Morgan fingerprint density at radius 3 is 2.64 bits per heavy atom. The zero-order valence-electron chi connectivity index (χ0n) is 18.9. The van der Waals surface area contributed by atoms with E-state index in [1.807, 2.05) is 36.9 Å². The summed E-state index contributed by atoms with van der Waals surface area (Å²) >= 11 is 0. The minimum absolute atomic E-state index is 0.236. The molecule has 2 heterocycles. The van der Waals surface area contributed by atoms with Crippen LogP contribution in [0.5, 0.6) is 0 Å². The van der Waals surface area contributed by atoms with E-state index in [1.165, 1.54) is 13.2 Å². The van der Waals surface area contributed by atoms with Gasteiger partial charge in [-0.15, -0.1) is 0 Å². The number of hydrogen-bond donors (Lipinski definition) is 1. The minimum atomic E-state index is -0.555. The van der Waals surface area contributed by atoms with Crippen LogP contribution >= 0.6 is 0 Å². The van der Waals surface area contributed by atoms with Crippen LogP contribution in [0.2, 0.25) is 0 Å². The van der Waals surface area contributed by atoms with Gasteiger partial charge in [0.05, 0.1) is 18.5 Å². The smallest absolute Gasteiger partial charge is 0.323 e. The fourth-order valence-corrected chi connectivity index (χ4v) is 4.35. The summed E-state index contributed by atoms with van der Waals surface area (Å²) in [7, 11) is 1.33. The molecule has 7 nitrogen and oxygen atoms in total. The van der Waals surface area contributed by atoms with Gasteiger partial charge >= 0.3 is 5.97 Å². The maximum Gasteiger partial charge on any atom is 0.323 e. The number of nitrogens with one attached hydrogen (secondary N) is 1. The normalized spacial score (nSPS) is 18.3. The fourth-order valence-electron chi connectivity index (χ4n) is 4.35. The summed E-state index contributed by atoms with van der Waals surface area (Å²) in [6, 6.07) is 14.9. The molecule has 33 heavy (non-hydrogen) atoms. The Morgan fingerprint density at radius 1 is 1.15 bits per heavy atom. The van der Waals surface area contributed by atoms with Crippen molar-refractivity contribution < 1.29 is 18.7 Å². The average Bonchev–Trinajstić information content (AvgIpc) is 3.36. The maximum absolute atomic E-state index is 14.2. The highest BCUT2D eigenvalue weighted by Gasteiger charge is 2.38. The summed E-state index contributed by atoms with van der Waals surface area (Å²) in [6.07, 6.45) is 0.393. The molecule has 0 aliphatic carbocycles. The summed E-state index contributed by atoms with van der Waals surface area (Å²) in [5.74, 6) is -0.955. The first kappa shape index (κ1) is 22.7. The van der Waals surface area contributed by atoms with E-state index in [-0.39, 0.29) is 24.3 Å². The number of nitrogens with zero attached hydrogens (tertiary/aromatic N) is 3. The summed E-state index contributed by atoms with van der Waals surface area (Å²) in [5, 5.41) is 7.50. The Kier molecular flexibility index (Phi) is 6.55. The Balaban J connectivity index is 1.49. The van der Waals surface area contributed by atoms with Crippen molar-refractivity contribution in [2.75, 3.05) is 13.7 Å². The molecule has 8 heteroatoms. The van der Waals surface area contributed by atoms with Gasteiger partial charge in [-0.2, -0.15) is 5.10 Å². The average molecular weight is 451 g/mol. The summed E-state index contributed by atoms with van der Waals surface area (Å²) in [5.41, 5.74) is 3.68. The van der Waals surface area contributed by atoms with Gasteiger partial charge in [-0.25, -0.2) is 9.07 Å². The van der Waals surface area contributed by atoms with Crippen LogP contribution in [-0.2, 0) is 16.1 Å². The number of benzene rings is 2. The zero-order chi connectivity index (χ0) is 23.5. The first-order valence-corrected chi connectivity index (χ1v) is 10.9. The number of aryl methyl sites for hydroxylation is 2. The van der Waals surface area contributed by atoms with E-state index in [9.17, 15) is 14.0 Å². The number of likely N-dealkylation sites (tertiary alicyclic amines) is 1. The third kappa shape index (κ3) is 4.96. The number of halogens is 1. The van der Waals surface area contributed by atoms with E-state index in [4.69, 9.17) is 4.74 Å². The number of rotatable bonds is 6. The van der Waals surface area contributed by atoms with Crippen LogP contribution < -0.4 is 5.32 Å². The molecule has 1 aliphatic rings. The topological polar surface area (TPSA) is 76.5 Å². The lowest BCUT2D eigenvalue weighted by atomic mass is 10.1. The van der Waals surface area contributed by atoms with Gasteiger partial charge in [0.25, 0.3) is 5.91 Å². The first-order chi connectivity index (χ1) is 15.9. The van der Waals surface area contributed by atoms with Crippen LogP contribution in [0, 0.1) is 19.7 Å². The number of esters is 1. The molecule has 2 atom stereocenters. The van der Waals surface area contributed by atoms with Crippen LogP contribution in [0.3, 0.4) is 0 Å². The lowest BCUT2D eigenvalue weighted by Crippen LogP contribution is -2.38. The predicted molar refractivity (Wildman–Crippen MR) is 122 cm³/mol. The number of amides is 1. The summed E-state index contributed by atoms with van der Waals surface area (Å²) < 4.78 is 20.9. The van der Waals surface area contributed by atoms with Crippen molar-refractivity contribution in [3.63, 3.8) is 0 Å². The number of ether oxygens (including phenoxy) is 1. The highest BCUT2D eigenvalue weighted by molar-refractivity contribution is 5.95. The predicted octanol–water partition coefficient (Wildman–Crippen LogP) is 3.17. The molecular formula is C25H27FN4O3. The van der Waals surface area contributed by atoms with Crippen LogP contribution in [0.25, 0.3) is 5.69 Å². The Hall–Kier alpha value is -3.52. The Morgan fingerprint density at radius 2 is 1.94 bits per heavy atom. The second kappa shape index (κ2) is 9.54. The van der Waals surface area contributed by atoms with Crippen molar-refractivity contribution in [2.24, 2.45) is 0 Å². The van der Waals surface area contributed by atoms with E-state index in [2.05, 4.69) is 10.4 Å². The molecular weight excluding hydrogens is 423 g/mol. The van der Waals surface area contributed by atoms with Crippen molar-refractivity contribution in [2.45, 2.75) is 38.9 Å². The molecule has 1 aliphatic heterocycles. The van der Waals surface area contributed by atoms with Gasteiger partial charge in [0.15, 0.2) is 0 Å². The van der Waals surface area contributed by atoms with E-state index >= 15 is 0 Å².